The lowest BCUT2D eigenvalue weighted by molar-refractivity contribution is 0.415. The minimum Gasteiger partial charge on any atom is -0.495 e. The van der Waals surface area contributed by atoms with Gasteiger partial charge in [-0.15, -0.1) is 0 Å². The van der Waals surface area contributed by atoms with Crippen LogP contribution >= 0.6 is 33.9 Å². The van der Waals surface area contributed by atoms with Gasteiger partial charge >= 0.3 is 0 Å². The molecule has 8 heteroatoms. The Kier molecular flexibility index (Phi) is 3.60. The van der Waals surface area contributed by atoms with Gasteiger partial charge in [0, 0.05) is 22.3 Å². The molecule has 0 N–H and O–H groups in total. The topological polar surface area (TPSA) is 56.3 Å². The molecule has 4 nitrogen and oxygen atoms in total. The molecule has 2 aromatic rings. The van der Waals surface area contributed by atoms with Crippen LogP contribution in [-0.2, 0) is 9.05 Å². The van der Waals surface area contributed by atoms with Crippen LogP contribution in [0, 0.1) is 0 Å². The van der Waals surface area contributed by atoms with Crippen LogP contribution in [0.25, 0.3) is 10.9 Å². The molecule has 0 atom stereocenters. The number of hydrogen-bond donors (Lipinski definition) is 0. The van der Waals surface area contributed by atoms with Gasteiger partial charge in [-0.25, -0.2) is 8.42 Å². The van der Waals surface area contributed by atoms with Gasteiger partial charge in [0.2, 0.25) is 0 Å². The van der Waals surface area contributed by atoms with Gasteiger partial charge in [-0.2, -0.15) is 0 Å². The van der Waals surface area contributed by atoms with Gasteiger partial charge < -0.3 is 4.74 Å². The second kappa shape index (κ2) is 4.74. The summed E-state index contributed by atoms with van der Waals surface area (Å²) in [7, 11) is 2.75. The first kappa shape index (κ1) is 13.7. The van der Waals surface area contributed by atoms with E-state index in [1.807, 2.05) is 0 Å². The fourth-order valence-corrected chi connectivity index (χ4v) is 3.18. The average Bonchev–Trinajstić information content (AvgIpc) is 2.27. The molecule has 2 rings (SSSR count). The number of halogens is 3. The van der Waals surface area contributed by atoms with E-state index in [2.05, 4.69) is 4.98 Å². The molecule has 0 unspecified atom stereocenters. The largest absolute Gasteiger partial charge is 0.495 e. The molecule has 1 aromatic heterocycles. The average molecular weight is 327 g/mol. The van der Waals surface area contributed by atoms with E-state index in [-0.39, 0.29) is 9.92 Å². The lowest BCUT2D eigenvalue weighted by Gasteiger charge is -2.08. The molecule has 0 spiro atoms. The normalized spacial score (nSPS) is 11.8. The Balaban J connectivity index is 2.86. The second-order valence-corrected chi connectivity index (χ2v) is 6.70. The highest BCUT2D eigenvalue weighted by atomic mass is 35.7. The Hall–Kier alpha value is -0.750. The molecule has 0 aliphatic rings. The maximum atomic E-state index is 11.3. The van der Waals surface area contributed by atoms with Crippen molar-refractivity contribution in [1.29, 1.82) is 0 Å². The minimum atomic E-state index is -3.95. The molecule has 0 aliphatic carbocycles. The summed E-state index contributed by atoms with van der Waals surface area (Å²) in [5.41, 5.74) is 0.454. The van der Waals surface area contributed by atoms with Crippen molar-refractivity contribution in [3.63, 3.8) is 0 Å². The molecule has 1 heterocycles. The summed E-state index contributed by atoms with van der Waals surface area (Å²) >= 11 is 11.9. The van der Waals surface area contributed by atoms with Gasteiger partial charge in [-0.1, -0.05) is 23.2 Å². The van der Waals surface area contributed by atoms with Crippen LogP contribution in [0.1, 0.15) is 0 Å². The Morgan fingerprint density at radius 1 is 1.28 bits per heavy atom. The molecular weight excluding hydrogens is 321 g/mol. The zero-order valence-corrected chi connectivity index (χ0v) is 12.0. The van der Waals surface area contributed by atoms with Gasteiger partial charge in [0.05, 0.1) is 22.7 Å². The number of benzene rings is 1. The van der Waals surface area contributed by atoms with E-state index in [1.54, 1.807) is 0 Å². The highest BCUT2D eigenvalue weighted by Gasteiger charge is 2.19. The fraction of sp³-hybridized carbons (Fsp3) is 0.100. The third kappa shape index (κ3) is 2.36. The van der Waals surface area contributed by atoms with E-state index >= 15 is 0 Å². The van der Waals surface area contributed by atoms with Gasteiger partial charge in [0.1, 0.15) is 10.6 Å². The van der Waals surface area contributed by atoms with Gasteiger partial charge in [-0.3, -0.25) is 4.98 Å². The van der Waals surface area contributed by atoms with E-state index in [4.69, 9.17) is 38.6 Å². The van der Waals surface area contributed by atoms with Gasteiger partial charge in [0.15, 0.2) is 0 Å². The number of hydrogen-bond acceptors (Lipinski definition) is 4. The van der Waals surface area contributed by atoms with Gasteiger partial charge in [-0.05, 0) is 12.1 Å². The smallest absolute Gasteiger partial charge is 0.264 e. The SMILES string of the molecule is COc1cc2c(Cl)c(S(=O)(=O)Cl)cnc2cc1Cl. The molecule has 0 radical (unpaired) electrons. The van der Waals surface area contributed by atoms with Crippen LogP contribution in [0.3, 0.4) is 0 Å². The first-order valence-corrected chi connectivity index (χ1v) is 7.67. The molecule has 0 bridgehead atoms. The molecule has 0 fully saturated rings. The molecule has 96 valence electrons. The Labute approximate surface area is 118 Å². The summed E-state index contributed by atoms with van der Waals surface area (Å²) in [6, 6.07) is 3.05. The van der Waals surface area contributed by atoms with Crippen molar-refractivity contribution in [2.75, 3.05) is 7.11 Å². The molecule has 0 saturated heterocycles. The number of fused-ring (bicyclic) bond motifs is 1. The van der Waals surface area contributed by atoms with Crippen molar-refractivity contribution < 1.29 is 13.2 Å². The molecule has 18 heavy (non-hydrogen) atoms. The van der Waals surface area contributed by atoms with E-state index in [9.17, 15) is 8.42 Å². The van der Waals surface area contributed by atoms with E-state index < -0.39 is 9.05 Å². The summed E-state index contributed by atoms with van der Waals surface area (Å²) < 4.78 is 27.6. The van der Waals surface area contributed by atoms with Crippen molar-refractivity contribution in [2.24, 2.45) is 0 Å². The number of pyridine rings is 1. The lowest BCUT2D eigenvalue weighted by Crippen LogP contribution is -1.95. The summed E-state index contributed by atoms with van der Waals surface area (Å²) in [4.78, 5) is 3.71. The number of aromatic nitrogens is 1. The predicted molar refractivity (Wildman–Crippen MR) is 71.4 cm³/mol. The molecule has 0 amide bonds. The first-order chi connectivity index (χ1) is 8.34. The molecular formula is C10H6Cl3NO3S. The highest BCUT2D eigenvalue weighted by molar-refractivity contribution is 8.13. The lowest BCUT2D eigenvalue weighted by atomic mass is 10.2. The maximum Gasteiger partial charge on any atom is 0.264 e. The summed E-state index contributed by atoms with van der Waals surface area (Å²) in [6.07, 6.45) is 1.09. The van der Waals surface area contributed by atoms with E-state index in [0.29, 0.717) is 21.7 Å². The Morgan fingerprint density at radius 3 is 2.50 bits per heavy atom. The van der Waals surface area contributed by atoms with Crippen LogP contribution in [-0.4, -0.2) is 20.5 Å². The quantitative estimate of drug-likeness (QED) is 0.793. The summed E-state index contributed by atoms with van der Waals surface area (Å²) in [5, 5.41) is 0.750. The standard InChI is InChI=1S/C10H6Cl3NO3S/c1-17-8-2-5-7(3-6(8)11)14-4-9(10(5)12)18(13,15)16/h2-4H,1H3. The van der Waals surface area contributed by atoms with Gasteiger partial charge in [0.25, 0.3) is 9.05 Å². The Morgan fingerprint density at radius 2 is 1.94 bits per heavy atom. The van der Waals surface area contributed by atoms with Crippen molar-refractivity contribution in [3.05, 3.63) is 28.4 Å². The summed E-state index contributed by atoms with van der Waals surface area (Å²) in [5.74, 6) is 0.372. The van der Waals surface area contributed by atoms with Crippen LogP contribution in [0.5, 0.6) is 5.75 Å². The number of ether oxygens (including phenoxy) is 1. The second-order valence-electron chi connectivity index (χ2n) is 3.38. The first-order valence-electron chi connectivity index (χ1n) is 4.61. The number of nitrogens with zero attached hydrogens (tertiary/aromatic N) is 1. The Bertz CT molecular complexity index is 731. The van der Waals surface area contributed by atoms with Crippen molar-refractivity contribution in [3.8, 4) is 5.75 Å². The zero-order valence-electron chi connectivity index (χ0n) is 8.95. The molecule has 0 aliphatic heterocycles. The van der Waals surface area contributed by atoms with E-state index in [0.717, 1.165) is 6.20 Å². The maximum absolute atomic E-state index is 11.3. The van der Waals surface area contributed by atoms with Crippen molar-refractivity contribution in [2.45, 2.75) is 4.90 Å². The zero-order chi connectivity index (χ0) is 13.5. The highest BCUT2D eigenvalue weighted by Crippen LogP contribution is 2.36. The van der Waals surface area contributed by atoms with Crippen LogP contribution in [0.2, 0.25) is 10.0 Å². The molecule has 0 saturated carbocycles. The third-order valence-corrected chi connectivity index (χ3v) is 4.45. The van der Waals surface area contributed by atoms with Crippen molar-refractivity contribution >= 4 is 53.8 Å². The minimum absolute atomic E-state index is 0.00929. The summed E-state index contributed by atoms with van der Waals surface area (Å²) in [6.45, 7) is 0. The monoisotopic (exact) mass is 325 g/mol. The van der Waals surface area contributed by atoms with E-state index in [1.165, 1.54) is 19.2 Å². The number of rotatable bonds is 2. The number of methoxy groups -OCH3 is 1. The van der Waals surface area contributed by atoms with Crippen molar-refractivity contribution in [1.82, 2.24) is 4.98 Å². The van der Waals surface area contributed by atoms with Crippen LogP contribution < -0.4 is 4.74 Å². The fourth-order valence-electron chi connectivity index (χ4n) is 1.47. The molecule has 1 aromatic carbocycles. The van der Waals surface area contributed by atoms with Crippen LogP contribution in [0.15, 0.2) is 23.2 Å². The predicted octanol–water partition coefficient (Wildman–Crippen LogP) is 3.48. The third-order valence-electron chi connectivity index (χ3n) is 2.31. The van der Waals surface area contributed by atoms with Crippen LogP contribution in [0.4, 0.5) is 0 Å².